The SMILES string of the molecule is CCCNC(=S)NC1CCC(C)C1C. The number of hydrogen-bond acceptors (Lipinski definition) is 1. The molecule has 0 amide bonds. The van der Waals surface area contributed by atoms with Crippen LogP contribution in [0.25, 0.3) is 0 Å². The number of hydrogen-bond donors (Lipinski definition) is 2. The van der Waals surface area contributed by atoms with Crippen molar-refractivity contribution in [3.05, 3.63) is 0 Å². The van der Waals surface area contributed by atoms with Gasteiger partial charge in [-0.05, 0) is 43.3 Å². The van der Waals surface area contributed by atoms with Crippen LogP contribution in [0.2, 0.25) is 0 Å². The lowest BCUT2D eigenvalue weighted by Gasteiger charge is -2.21. The Morgan fingerprint density at radius 2 is 2.07 bits per heavy atom. The zero-order valence-electron chi connectivity index (χ0n) is 9.47. The van der Waals surface area contributed by atoms with E-state index in [2.05, 4.69) is 31.4 Å². The predicted molar refractivity (Wildman–Crippen MR) is 65.4 cm³/mol. The highest BCUT2D eigenvalue weighted by molar-refractivity contribution is 7.80. The van der Waals surface area contributed by atoms with Gasteiger partial charge in [0.1, 0.15) is 0 Å². The summed E-state index contributed by atoms with van der Waals surface area (Å²) in [5.41, 5.74) is 0. The molecule has 0 aromatic carbocycles. The first-order valence-corrected chi connectivity index (χ1v) is 6.10. The van der Waals surface area contributed by atoms with Crippen LogP contribution in [0.5, 0.6) is 0 Å². The molecule has 0 radical (unpaired) electrons. The Morgan fingerprint density at radius 1 is 1.36 bits per heavy atom. The highest BCUT2D eigenvalue weighted by Crippen LogP contribution is 2.30. The lowest BCUT2D eigenvalue weighted by atomic mass is 9.98. The lowest BCUT2D eigenvalue weighted by molar-refractivity contribution is 0.402. The van der Waals surface area contributed by atoms with Crippen molar-refractivity contribution in [2.75, 3.05) is 6.54 Å². The maximum atomic E-state index is 5.23. The Hall–Kier alpha value is -0.310. The van der Waals surface area contributed by atoms with Crippen molar-refractivity contribution < 1.29 is 0 Å². The normalized spacial score (nSPS) is 31.5. The van der Waals surface area contributed by atoms with E-state index in [-0.39, 0.29) is 0 Å². The smallest absolute Gasteiger partial charge is 0.166 e. The molecule has 0 aromatic rings. The topological polar surface area (TPSA) is 24.1 Å². The van der Waals surface area contributed by atoms with Crippen molar-refractivity contribution in [2.45, 2.75) is 46.1 Å². The molecule has 1 saturated carbocycles. The van der Waals surface area contributed by atoms with E-state index in [1.165, 1.54) is 12.8 Å². The molecule has 14 heavy (non-hydrogen) atoms. The van der Waals surface area contributed by atoms with Gasteiger partial charge in [0.25, 0.3) is 0 Å². The second-order valence-corrected chi connectivity index (χ2v) is 4.83. The molecule has 0 aromatic heterocycles. The monoisotopic (exact) mass is 214 g/mol. The summed E-state index contributed by atoms with van der Waals surface area (Å²) in [6.07, 6.45) is 3.71. The lowest BCUT2D eigenvalue weighted by Crippen LogP contribution is -2.43. The zero-order valence-corrected chi connectivity index (χ0v) is 10.3. The first-order valence-electron chi connectivity index (χ1n) is 5.69. The number of nitrogens with one attached hydrogen (secondary N) is 2. The fourth-order valence-electron chi connectivity index (χ4n) is 2.03. The van der Waals surface area contributed by atoms with Crippen molar-refractivity contribution in [3.8, 4) is 0 Å². The minimum atomic E-state index is 0.585. The average molecular weight is 214 g/mol. The van der Waals surface area contributed by atoms with Crippen LogP contribution in [-0.4, -0.2) is 17.7 Å². The third-order valence-electron chi connectivity index (χ3n) is 3.32. The third kappa shape index (κ3) is 3.12. The first-order chi connectivity index (χ1) is 6.65. The van der Waals surface area contributed by atoms with E-state index < -0.39 is 0 Å². The summed E-state index contributed by atoms with van der Waals surface area (Å²) in [6, 6.07) is 0.585. The summed E-state index contributed by atoms with van der Waals surface area (Å²) in [7, 11) is 0. The average Bonchev–Trinajstić information content (AvgIpc) is 2.46. The molecular weight excluding hydrogens is 192 g/mol. The summed E-state index contributed by atoms with van der Waals surface area (Å²) >= 11 is 5.23. The van der Waals surface area contributed by atoms with Crippen molar-refractivity contribution in [1.82, 2.24) is 10.6 Å². The molecule has 0 spiro atoms. The highest BCUT2D eigenvalue weighted by atomic mass is 32.1. The molecule has 2 nitrogen and oxygen atoms in total. The van der Waals surface area contributed by atoms with Crippen molar-refractivity contribution in [3.63, 3.8) is 0 Å². The summed E-state index contributed by atoms with van der Waals surface area (Å²) in [6.45, 7) is 7.77. The predicted octanol–water partition coefficient (Wildman–Crippen LogP) is 2.30. The molecule has 0 aliphatic heterocycles. The van der Waals surface area contributed by atoms with E-state index in [0.717, 1.165) is 29.9 Å². The van der Waals surface area contributed by atoms with Crippen LogP contribution in [0.4, 0.5) is 0 Å². The molecule has 1 rings (SSSR count). The maximum Gasteiger partial charge on any atom is 0.166 e. The molecule has 0 heterocycles. The molecule has 0 saturated heterocycles. The fourth-order valence-corrected chi connectivity index (χ4v) is 2.28. The van der Waals surface area contributed by atoms with Gasteiger partial charge >= 0.3 is 0 Å². The molecule has 1 aliphatic carbocycles. The number of thiocarbonyl (C=S) groups is 1. The third-order valence-corrected chi connectivity index (χ3v) is 3.58. The van der Waals surface area contributed by atoms with Gasteiger partial charge in [0.15, 0.2) is 5.11 Å². The first kappa shape index (κ1) is 11.8. The fraction of sp³-hybridized carbons (Fsp3) is 0.909. The molecule has 1 aliphatic rings. The maximum absolute atomic E-state index is 5.23. The number of rotatable bonds is 3. The summed E-state index contributed by atoms with van der Waals surface area (Å²) < 4.78 is 0. The quantitative estimate of drug-likeness (QED) is 0.705. The van der Waals surface area contributed by atoms with Crippen LogP contribution in [0.3, 0.4) is 0 Å². The molecule has 3 heteroatoms. The molecule has 0 bridgehead atoms. The van der Waals surface area contributed by atoms with E-state index in [9.17, 15) is 0 Å². The molecule has 3 atom stereocenters. The standard InChI is InChI=1S/C11H22N2S/c1-4-7-12-11(14)13-10-6-5-8(2)9(10)3/h8-10H,4-7H2,1-3H3,(H2,12,13,14). The zero-order chi connectivity index (χ0) is 10.6. The van der Waals surface area contributed by atoms with Gasteiger partial charge in [0, 0.05) is 12.6 Å². The minimum absolute atomic E-state index is 0.585. The van der Waals surface area contributed by atoms with Gasteiger partial charge in [-0.1, -0.05) is 20.8 Å². The van der Waals surface area contributed by atoms with Gasteiger partial charge in [-0.15, -0.1) is 0 Å². The van der Waals surface area contributed by atoms with Crippen LogP contribution in [-0.2, 0) is 0 Å². The molecule has 3 unspecified atom stereocenters. The molecular formula is C11H22N2S. The van der Waals surface area contributed by atoms with Gasteiger partial charge in [0.05, 0.1) is 0 Å². The van der Waals surface area contributed by atoms with Crippen LogP contribution >= 0.6 is 12.2 Å². The second-order valence-electron chi connectivity index (χ2n) is 4.42. The largest absolute Gasteiger partial charge is 0.363 e. The van der Waals surface area contributed by atoms with E-state index >= 15 is 0 Å². The van der Waals surface area contributed by atoms with Gasteiger partial charge in [-0.3, -0.25) is 0 Å². The van der Waals surface area contributed by atoms with Crippen molar-refractivity contribution in [1.29, 1.82) is 0 Å². The molecule has 2 N–H and O–H groups in total. The van der Waals surface area contributed by atoms with Crippen LogP contribution < -0.4 is 10.6 Å². The van der Waals surface area contributed by atoms with Gasteiger partial charge in [-0.25, -0.2) is 0 Å². The Labute approximate surface area is 92.8 Å². The molecule has 1 fully saturated rings. The van der Waals surface area contributed by atoms with E-state index in [0.29, 0.717) is 6.04 Å². The van der Waals surface area contributed by atoms with Crippen LogP contribution in [0, 0.1) is 11.8 Å². The van der Waals surface area contributed by atoms with Gasteiger partial charge < -0.3 is 10.6 Å². The second kappa shape index (κ2) is 5.54. The Bertz CT molecular complexity index is 194. The van der Waals surface area contributed by atoms with Crippen molar-refractivity contribution in [2.24, 2.45) is 11.8 Å². The summed E-state index contributed by atoms with van der Waals surface area (Å²) in [5.74, 6) is 1.58. The highest BCUT2D eigenvalue weighted by Gasteiger charge is 2.29. The van der Waals surface area contributed by atoms with E-state index in [1.54, 1.807) is 0 Å². The minimum Gasteiger partial charge on any atom is -0.363 e. The molecule has 82 valence electrons. The van der Waals surface area contributed by atoms with Crippen molar-refractivity contribution >= 4 is 17.3 Å². The van der Waals surface area contributed by atoms with Gasteiger partial charge in [-0.2, -0.15) is 0 Å². The Balaban J connectivity index is 2.27. The van der Waals surface area contributed by atoms with Crippen LogP contribution in [0.1, 0.15) is 40.0 Å². The summed E-state index contributed by atoms with van der Waals surface area (Å²) in [5, 5.41) is 7.46. The van der Waals surface area contributed by atoms with E-state index in [1.807, 2.05) is 0 Å². The Kier molecular flexibility index (Phi) is 4.66. The van der Waals surface area contributed by atoms with E-state index in [4.69, 9.17) is 12.2 Å². The summed E-state index contributed by atoms with van der Waals surface area (Å²) in [4.78, 5) is 0. The van der Waals surface area contributed by atoms with Crippen LogP contribution in [0.15, 0.2) is 0 Å². The Morgan fingerprint density at radius 3 is 2.57 bits per heavy atom. The van der Waals surface area contributed by atoms with Gasteiger partial charge in [0.2, 0.25) is 0 Å².